The lowest BCUT2D eigenvalue weighted by Gasteiger charge is -2.20. The predicted molar refractivity (Wildman–Crippen MR) is 83.2 cm³/mol. The van der Waals surface area contributed by atoms with E-state index in [0.29, 0.717) is 30.2 Å². The summed E-state index contributed by atoms with van der Waals surface area (Å²) in [5.74, 6) is -0.298. The molecule has 2 heterocycles. The van der Waals surface area contributed by atoms with Crippen LogP contribution in [0.2, 0.25) is 0 Å². The zero-order chi connectivity index (χ0) is 14.8. The van der Waals surface area contributed by atoms with Crippen LogP contribution < -0.4 is 5.32 Å². The van der Waals surface area contributed by atoms with Crippen LogP contribution in [0, 0.1) is 5.82 Å². The van der Waals surface area contributed by atoms with Crippen LogP contribution in [-0.4, -0.2) is 18.6 Å². The third-order valence-corrected chi connectivity index (χ3v) is 5.17. The molecule has 3 nitrogen and oxygen atoms in total. The number of benzene rings is 1. The maximum absolute atomic E-state index is 14.2. The molecule has 0 spiro atoms. The number of hydrogen-bond donors (Lipinski definition) is 1. The molecule has 1 aromatic rings. The largest absolute Gasteiger partial charge is 0.378 e. The van der Waals surface area contributed by atoms with Gasteiger partial charge in [0.2, 0.25) is 5.91 Å². The summed E-state index contributed by atoms with van der Waals surface area (Å²) in [4.78, 5) is 11.3. The van der Waals surface area contributed by atoms with Gasteiger partial charge in [0, 0.05) is 29.1 Å². The summed E-state index contributed by atoms with van der Waals surface area (Å²) in [6, 6.07) is 3.33. The zero-order valence-corrected chi connectivity index (χ0v) is 13.4. The van der Waals surface area contributed by atoms with Crippen molar-refractivity contribution in [2.45, 2.75) is 49.5 Å². The number of amides is 1. The molecule has 2 unspecified atom stereocenters. The number of halogens is 2. The Kier molecular flexibility index (Phi) is 4.60. The van der Waals surface area contributed by atoms with Gasteiger partial charge in [-0.1, -0.05) is 15.9 Å². The van der Waals surface area contributed by atoms with Crippen molar-refractivity contribution in [2.24, 2.45) is 0 Å². The van der Waals surface area contributed by atoms with Crippen LogP contribution in [0.1, 0.15) is 48.1 Å². The molecule has 0 aliphatic carbocycles. The van der Waals surface area contributed by atoms with Gasteiger partial charge in [-0.15, -0.1) is 0 Å². The average molecular weight is 356 g/mol. The lowest BCUT2D eigenvalue weighted by molar-refractivity contribution is -0.116. The fourth-order valence-electron chi connectivity index (χ4n) is 3.02. The molecule has 0 radical (unpaired) electrons. The molecule has 1 amide bonds. The quantitative estimate of drug-likeness (QED) is 0.825. The number of carbonyl (C=O) groups excluding carboxylic acids is 1. The highest BCUT2D eigenvalue weighted by Gasteiger charge is 2.22. The summed E-state index contributed by atoms with van der Waals surface area (Å²) >= 11 is 3.60. The van der Waals surface area contributed by atoms with E-state index in [0.717, 1.165) is 37.9 Å². The fraction of sp³-hybridized carbons (Fsp3) is 0.562. The number of alkyl halides is 1. The molecular formula is C16H19BrFNO2. The van der Waals surface area contributed by atoms with Crippen molar-refractivity contribution in [2.75, 3.05) is 11.9 Å². The van der Waals surface area contributed by atoms with E-state index >= 15 is 0 Å². The third-order valence-electron chi connectivity index (χ3n) is 4.22. The van der Waals surface area contributed by atoms with Gasteiger partial charge in [-0.05, 0) is 49.8 Å². The van der Waals surface area contributed by atoms with Gasteiger partial charge < -0.3 is 10.1 Å². The van der Waals surface area contributed by atoms with E-state index in [1.807, 2.05) is 6.07 Å². The van der Waals surface area contributed by atoms with E-state index in [4.69, 9.17) is 4.74 Å². The number of fused-ring (bicyclic) bond motifs is 1. The van der Waals surface area contributed by atoms with Gasteiger partial charge in [0.25, 0.3) is 0 Å². The van der Waals surface area contributed by atoms with Crippen LogP contribution in [0.25, 0.3) is 0 Å². The van der Waals surface area contributed by atoms with Crippen molar-refractivity contribution in [1.82, 2.24) is 0 Å². The number of ether oxygens (including phenoxy) is 1. The topological polar surface area (TPSA) is 38.3 Å². The minimum atomic E-state index is -0.259. The second-order valence-electron chi connectivity index (χ2n) is 5.76. The van der Waals surface area contributed by atoms with Gasteiger partial charge in [-0.2, -0.15) is 0 Å². The molecule has 1 saturated heterocycles. The molecule has 1 N–H and O–H groups in total. The lowest BCUT2D eigenvalue weighted by atomic mass is 9.97. The highest BCUT2D eigenvalue weighted by molar-refractivity contribution is 9.09. The molecule has 114 valence electrons. The highest BCUT2D eigenvalue weighted by atomic mass is 79.9. The van der Waals surface area contributed by atoms with Crippen molar-refractivity contribution < 1.29 is 13.9 Å². The second-order valence-corrected chi connectivity index (χ2v) is 6.86. The van der Waals surface area contributed by atoms with Crippen molar-refractivity contribution >= 4 is 27.5 Å². The SMILES string of the molecule is O=C1CCc2cc(C(Br)CCC3CCCO3)c(F)cc2N1. The number of aryl methyl sites for hydroxylation is 1. The van der Waals surface area contributed by atoms with Gasteiger partial charge >= 0.3 is 0 Å². The van der Waals surface area contributed by atoms with Crippen molar-refractivity contribution in [3.63, 3.8) is 0 Å². The van der Waals surface area contributed by atoms with Gasteiger partial charge in [0.05, 0.1) is 6.10 Å². The molecule has 2 atom stereocenters. The summed E-state index contributed by atoms with van der Waals surface area (Å²) in [5.41, 5.74) is 2.32. The van der Waals surface area contributed by atoms with E-state index in [9.17, 15) is 9.18 Å². The summed E-state index contributed by atoms with van der Waals surface area (Å²) in [6.07, 6.45) is 5.52. The number of nitrogens with one attached hydrogen (secondary N) is 1. The molecule has 2 aliphatic heterocycles. The minimum absolute atomic E-state index is 0.00960. The van der Waals surface area contributed by atoms with Gasteiger partial charge in [0.1, 0.15) is 5.82 Å². The molecule has 2 aliphatic rings. The van der Waals surface area contributed by atoms with E-state index in [1.54, 1.807) is 0 Å². The van der Waals surface area contributed by atoms with Crippen LogP contribution in [0.3, 0.4) is 0 Å². The van der Waals surface area contributed by atoms with E-state index in [-0.39, 0.29) is 16.6 Å². The molecule has 3 rings (SSSR count). The Morgan fingerprint density at radius 2 is 2.29 bits per heavy atom. The van der Waals surface area contributed by atoms with Gasteiger partial charge in [-0.25, -0.2) is 4.39 Å². The van der Waals surface area contributed by atoms with E-state index in [2.05, 4.69) is 21.2 Å². The monoisotopic (exact) mass is 355 g/mol. The standard InChI is InChI=1S/C16H19BrFNO2/c17-13(5-4-11-2-1-7-21-11)12-8-10-3-6-16(20)19-15(10)9-14(12)18/h8-9,11,13H,1-7H2,(H,19,20). The number of rotatable bonds is 4. The first-order valence-corrected chi connectivity index (χ1v) is 8.43. The smallest absolute Gasteiger partial charge is 0.224 e. The minimum Gasteiger partial charge on any atom is -0.378 e. The van der Waals surface area contributed by atoms with Crippen molar-refractivity contribution in [3.05, 3.63) is 29.1 Å². The van der Waals surface area contributed by atoms with Crippen LogP contribution in [-0.2, 0) is 16.0 Å². The Morgan fingerprint density at radius 3 is 3.05 bits per heavy atom. The van der Waals surface area contributed by atoms with E-state index < -0.39 is 0 Å². The van der Waals surface area contributed by atoms with Gasteiger partial charge in [0.15, 0.2) is 0 Å². The number of carbonyl (C=O) groups is 1. The molecular weight excluding hydrogens is 337 g/mol. The first-order chi connectivity index (χ1) is 10.1. The van der Waals surface area contributed by atoms with Crippen LogP contribution in [0.5, 0.6) is 0 Å². The fourth-order valence-corrected chi connectivity index (χ4v) is 3.64. The number of hydrogen-bond acceptors (Lipinski definition) is 2. The Bertz CT molecular complexity index is 543. The zero-order valence-electron chi connectivity index (χ0n) is 11.8. The second kappa shape index (κ2) is 6.44. The summed E-state index contributed by atoms with van der Waals surface area (Å²) < 4.78 is 19.9. The molecule has 21 heavy (non-hydrogen) atoms. The van der Waals surface area contributed by atoms with Crippen LogP contribution >= 0.6 is 15.9 Å². The number of anilines is 1. The molecule has 1 fully saturated rings. The average Bonchev–Trinajstić information content (AvgIpc) is 2.97. The molecule has 0 bridgehead atoms. The van der Waals surface area contributed by atoms with Crippen molar-refractivity contribution in [3.8, 4) is 0 Å². The maximum atomic E-state index is 14.2. The summed E-state index contributed by atoms with van der Waals surface area (Å²) in [5, 5.41) is 2.73. The molecule has 0 saturated carbocycles. The Balaban J connectivity index is 1.70. The first kappa shape index (κ1) is 15.0. The summed E-state index contributed by atoms with van der Waals surface area (Å²) in [6.45, 7) is 0.852. The first-order valence-electron chi connectivity index (χ1n) is 7.51. The lowest BCUT2D eigenvalue weighted by Crippen LogP contribution is -2.19. The Morgan fingerprint density at radius 1 is 1.43 bits per heavy atom. The van der Waals surface area contributed by atoms with Crippen LogP contribution in [0.15, 0.2) is 12.1 Å². The van der Waals surface area contributed by atoms with Gasteiger partial charge in [-0.3, -0.25) is 4.79 Å². The normalized spacial score (nSPS) is 22.8. The summed E-state index contributed by atoms with van der Waals surface area (Å²) in [7, 11) is 0. The molecule has 1 aromatic carbocycles. The maximum Gasteiger partial charge on any atom is 0.224 e. The van der Waals surface area contributed by atoms with E-state index in [1.165, 1.54) is 6.07 Å². The highest BCUT2D eigenvalue weighted by Crippen LogP contribution is 2.35. The third kappa shape index (κ3) is 3.46. The Labute approximate surface area is 132 Å². The molecule has 0 aromatic heterocycles. The van der Waals surface area contributed by atoms with Crippen molar-refractivity contribution in [1.29, 1.82) is 0 Å². The molecule has 5 heteroatoms. The predicted octanol–water partition coefficient (Wildman–Crippen LogP) is 4.11. The Hall–Kier alpha value is -0.940. The van der Waals surface area contributed by atoms with Crippen LogP contribution in [0.4, 0.5) is 10.1 Å².